The van der Waals surface area contributed by atoms with Crippen LogP contribution in [0.4, 0.5) is 5.69 Å². The highest BCUT2D eigenvalue weighted by Gasteiger charge is 2.19. The Hall–Kier alpha value is -1.31. The van der Waals surface area contributed by atoms with Gasteiger partial charge >= 0.3 is 0 Å². The van der Waals surface area contributed by atoms with E-state index in [4.69, 9.17) is 15.2 Å². The van der Waals surface area contributed by atoms with Crippen molar-refractivity contribution in [2.45, 2.75) is 17.7 Å². The Morgan fingerprint density at radius 3 is 2.57 bits per heavy atom. The third-order valence-electron chi connectivity index (χ3n) is 3.58. The molecule has 1 fully saturated rings. The summed E-state index contributed by atoms with van der Waals surface area (Å²) in [6, 6.07) is 4.57. The summed E-state index contributed by atoms with van der Waals surface area (Å²) in [5.74, 6) is 0.988. The van der Waals surface area contributed by atoms with Crippen LogP contribution in [0.3, 0.4) is 0 Å². The average Bonchev–Trinajstić information content (AvgIpc) is 2.46. The third kappa shape index (κ3) is 3.87. The predicted molar refractivity (Wildman–Crippen MR) is 80.8 cm³/mol. The van der Waals surface area contributed by atoms with Crippen LogP contribution in [0.5, 0.6) is 5.75 Å². The molecule has 0 unspecified atom stereocenters. The molecule has 2 N–H and O–H groups in total. The Bertz CT molecular complexity index is 581. The van der Waals surface area contributed by atoms with Crippen LogP contribution < -0.4 is 10.5 Å². The van der Waals surface area contributed by atoms with Gasteiger partial charge in [-0.2, -0.15) is 0 Å². The zero-order chi connectivity index (χ0) is 15.5. The average molecular weight is 314 g/mol. The maximum atomic E-state index is 12.0. The molecule has 1 aromatic rings. The number of anilines is 1. The number of hydrogen-bond acceptors (Lipinski definition) is 5. The molecule has 1 aliphatic heterocycles. The summed E-state index contributed by atoms with van der Waals surface area (Å²) in [5.41, 5.74) is 6.24. The summed E-state index contributed by atoms with van der Waals surface area (Å²) in [7, 11) is -0.496. The molecule has 0 saturated carbocycles. The molecule has 6 nitrogen and oxygen atoms in total. The lowest BCUT2D eigenvalue weighted by Crippen LogP contribution is -2.23. The van der Waals surface area contributed by atoms with Gasteiger partial charge in [0.05, 0.1) is 17.2 Å². The monoisotopic (exact) mass is 314 g/mol. The predicted octanol–water partition coefficient (Wildman–Crippen LogP) is 1.32. The molecule has 1 heterocycles. The standard InChI is InChI=1S/C14H22N2O4S/c1-16(2)21(17,18)12-3-4-14(13(15)9-12)20-10-11-5-7-19-8-6-11/h3-4,9,11H,5-8,10,15H2,1-2H3. The smallest absolute Gasteiger partial charge is 0.242 e. The van der Waals surface area contributed by atoms with Crippen LogP contribution in [0.25, 0.3) is 0 Å². The van der Waals surface area contributed by atoms with E-state index in [1.807, 2.05) is 0 Å². The molecule has 2 rings (SSSR count). The number of sulfonamides is 1. The number of hydrogen-bond donors (Lipinski definition) is 1. The van der Waals surface area contributed by atoms with Gasteiger partial charge in [-0.15, -0.1) is 0 Å². The zero-order valence-electron chi connectivity index (χ0n) is 12.4. The van der Waals surface area contributed by atoms with Crippen LogP contribution in [-0.4, -0.2) is 46.6 Å². The van der Waals surface area contributed by atoms with Crippen LogP contribution in [0, 0.1) is 5.92 Å². The molecule has 1 aliphatic rings. The molecule has 0 amide bonds. The van der Waals surface area contributed by atoms with Crippen LogP contribution in [0.2, 0.25) is 0 Å². The van der Waals surface area contributed by atoms with Crippen molar-refractivity contribution in [2.75, 3.05) is 39.6 Å². The molecule has 0 radical (unpaired) electrons. The lowest BCUT2D eigenvalue weighted by atomic mass is 10.0. The first-order valence-corrected chi connectivity index (χ1v) is 8.38. The first-order valence-electron chi connectivity index (χ1n) is 6.94. The summed E-state index contributed by atoms with van der Waals surface area (Å²) < 4.78 is 36.2. The minimum atomic E-state index is -3.47. The second kappa shape index (κ2) is 6.64. The number of nitrogens with two attached hydrogens (primary N) is 1. The molecule has 7 heteroatoms. The Kier molecular flexibility index (Phi) is 5.08. The van der Waals surface area contributed by atoms with Crippen molar-refractivity contribution in [3.63, 3.8) is 0 Å². The van der Waals surface area contributed by atoms with Crippen molar-refractivity contribution < 1.29 is 17.9 Å². The van der Waals surface area contributed by atoms with Crippen molar-refractivity contribution in [2.24, 2.45) is 5.92 Å². The van der Waals surface area contributed by atoms with Gasteiger partial charge < -0.3 is 15.2 Å². The molecule has 0 bridgehead atoms. The van der Waals surface area contributed by atoms with E-state index in [0.29, 0.717) is 24.0 Å². The Morgan fingerprint density at radius 1 is 1.33 bits per heavy atom. The van der Waals surface area contributed by atoms with Gasteiger partial charge in [-0.25, -0.2) is 12.7 Å². The fourth-order valence-corrected chi connectivity index (χ4v) is 3.09. The highest BCUT2D eigenvalue weighted by Crippen LogP contribution is 2.27. The summed E-state index contributed by atoms with van der Waals surface area (Å²) in [6.07, 6.45) is 1.96. The highest BCUT2D eigenvalue weighted by molar-refractivity contribution is 7.89. The van der Waals surface area contributed by atoms with Crippen molar-refractivity contribution in [1.29, 1.82) is 0 Å². The van der Waals surface area contributed by atoms with Crippen LogP contribution >= 0.6 is 0 Å². The van der Waals surface area contributed by atoms with E-state index in [1.54, 1.807) is 6.07 Å². The molecular weight excluding hydrogens is 292 g/mol. The first kappa shape index (κ1) is 16.1. The number of ether oxygens (including phenoxy) is 2. The number of rotatable bonds is 5. The second-order valence-electron chi connectivity index (χ2n) is 5.35. The van der Waals surface area contributed by atoms with E-state index >= 15 is 0 Å². The zero-order valence-corrected chi connectivity index (χ0v) is 13.2. The van der Waals surface area contributed by atoms with Crippen molar-refractivity contribution in [1.82, 2.24) is 4.31 Å². The molecule has 1 saturated heterocycles. The molecular formula is C14H22N2O4S. The number of benzene rings is 1. The van der Waals surface area contributed by atoms with Gasteiger partial charge in [0.25, 0.3) is 0 Å². The summed E-state index contributed by atoms with van der Waals surface area (Å²) in [6.45, 7) is 2.11. The lowest BCUT2D eigenvalue weighted by molar-refractivity contribution is 0.0498. The van der Waals surface area contributed by atoms with Crippen LogP contribution in [0.1, 0.15) is 12.8 Å². The minimum absolute atomic E-state index is 0.170. The highest BCUT2D eigenvalue weighted by atomic mass is 32.2. The van der Waals surface area contributed by atoms with Gasteiger partial charge in [0.1, 0.15) is 5.75 Å². The number of nitrogens with zero attached hydrogens (tertiary/aromatic N) is 1. The van der Waals surface area contributed by atoms with E-state index in [1.165, 1.54) is 26.2 Å². The minimum Gasteiger partial charge on any atom is -0.491 e. The topological polar surface area (TPSA) is 81.9 Å². The fourth-order valence-electron chi connectivity index (χ4n) is 2.15. The van der Waals surface area contributed by atoms with E-state index in [-0.39, 0.29) is 4.90 Å². The molecule has 1 aromatic carbocycles. The van der Waals surface area contributed by atoms with Crippen LogP contribution in [0.15, 0.2) is 23.1 Å². The van der Waals surface area contributed by atoms with Gasteiger partial charge in [0.2, 0.25) is 10.0 Å². The SMILES string of the molecule is CN(C)S(=O)(=O)c1ccc(OCC2CCOCC2)c(N)c1. The number of nitrogen functional groups attached to an aromatic ring is 1. The maximum absolute atomic E-state index is 12.0. The Labute approximate surface area is 125 Å². The normalized spacial score (nSPS) is 17.1. The van der Waals surface area contributed by atoms with E-state index in [2.05, 4.69) is 0 Å². The molecule has 118 valence electrons. The van der Waals surface area contributed by atoms with Gasteiger partial charge in [-0.05, 0) is 37.0 Å². The first-order chi connectivity index (χ1) is 9.91. The van der Waals surface area contributed by atoms with E-state index in [0.717, 1.165) is 30.4 Å². The van der Waals surface area contributed by atoms with Crippen molar-refractivity contribution in [3.8, 4) is 5.75 Å². The molecule has 0 atom stereocenters. The van der Waals surface area contributed by atoms with Gasteiger partial charge in [-0.3, -0.25) is 0 Å². The summed E-state index contributed by atoms with van der Waals surface area (Å²) >= 11 is 0. The van der Waals surface area contributed by atoms with Gasteiger partial charge in [0.15, 0.2) is 0 Å². The lowest BCUT2D eigenvalue weighted by Gasteiger charge is -2.22. The van der Waals surface area contributed by atoms with Crippen molar-refractivity contribution in [3.05, 3.63) is 18.2 Å². The fraction of sp³-hybridized carbons (Fsp3) is 0.571. The van der Waals surface area contributed by atoms with Crippen LogP contribution in [-0.2, 0) is 14.8 Å². The summed E-state index contributed by atoms with van der Waals surface area (Å²) in [4.78, 5) is 0.170. The quantitative estimate of drug-likeness (QED) is 0.829. The second-order valence-corrected chi connectivity index (χ2v) is 7.51. The summed E-state index contributed by atoms with van der Waals surface area (Å²) in [5, 5.41) is 0. The van der Waals surface area contributed by atoms with Gasteiger partial charge in [0, 0.05) is 27.3 Å². The Morgan fingerprint density at radius 2 is 2.00 bits per heavy atom. The van der Waals surface area contributed by atoms with E-state index in [9.17, 15) is 8.42 Å². The van der Waals surface area contributed by atoms with E-state index < -0.39 is 10.0 Å². The van der Waals surface area contributed by atoms with Gasteiger partial charge in [-0.1, -0.05) is 0 Å². The van der Waals surface area contributed by atoms with Crippen molar-refractivity contribution >= 4 is 15.7 Å². The third-order valence-corrected chi connectivity index (χ3v) is 5.39. The largest absolute Gasteiger partial charge is 0.491 e. The molecule has 0 aliphatic carbocycles. The Balaban J connectivity index is 2.05. The maximum Gasteiger partial charge on any atom is 0.242 e. The molecule has 21 heavy (non-hydrogen) atoms. The molecule has 0 aromatic heterocycles. The molecule has 0 spiro atoms.